The van der Waals surface area contributed by atoms with Gasteiger partial charge in [0.05, 0.1) is 31.8 Å². The van der Waals surface area contributed by atoms with Crippen LogP contribution in [-0.2, 0) is 14.4 Å². The van der Waals surface area contributed by atoms with Gasteiger partial charge in [0.25, 0.3) is 0 Å². The lowest BCUT2D eigenvalue weighted by Gasteiger charge is -2.18. The molecule has 0 unspecified atom stereocenters. The number of imidazole rings is 3. The van der Waals surface area contributed by atoms with Crippen LogP contribution in [0.15, 0.2) is 56.2 Å². The van der Waals surface area contributed by atoms with Crippen LogP contribution in [0.1, 0.15) is 12.8 Å². The van der Waals surface area contributed by atoms with Gasteiger partial charge in [-0.05, 0) is 0 Å². The Kier molecular flexibility index (Phi) is 12.2. The summed E-state index contributed by atoms with van der Waals surface area (Å²) in [5.41, 5.74) is -2.74. The van der Waals surface area contributed by atoms with E-state index in [1.807, 2.05) is 0 Å². The zero-order chi connectivity index (χ0) is 21.3. The van der Waals surface area contributed by atoms with Crippen LogP contribution in [0.25, 0.3) is 0 Å². The molecule has 0 saturated heterocycles. The van der Waals surface area contributed by atoms with Crippen LogP contribution in [0, 0.1) is 0 Å². The Morgan fingerprint density at radius 3 is 1.14 bits per heavy atom. The molecule has 0 fully saturated rings. The second kappa shape index (κ2) is 14.2. The van der Waals surface area contributed by atoms with Crippen LogP contribution in [0.5, 0.6) is 0 Å². The van der Waals surface area contributed by atoms with Gasteiger partial charge in [-0.15, -0.1) is 0 Å². The molecule has 3 aromatic heterocycles. The highest BCUT2D eigenvalue weighted by Gasteiger charge is 2.40. The van der Waals surface area contributed by atoms with Gasteiger partial charge in [0.15, 0.2) is 5.60 Å². The zero-order valence-electron chi connectivity index (χ0n) is 14.5. The van der Waals surface area contributed by atoms with Crippen molar-refractivity contribution in [1.82, 2.24) is 29.9 Å². The number of hydrogen-bond donors (Lipinski definition) is 7. The quantitative estimate of drug-likeness (QED) is 0.305. The third-order valence-electron chi connectivity index (χ3n) is 2.50. The predicted molar refractivity (Wildman–Crippen MR) is 92.9 cm³/mol. The van der Waals surface area contributed by atoms with Crippen molar-refractivity contribution in [3.63, 3.8) is 0 Å². The minimum Gasteiger partial charge on any atom is -0.481 e. The third-order valence-corrected chi connectivity index (χ3v) is 2.50. The van der Waals surface area contributed by atoms with Crippen molar-refractivity contribution in [1.29, 1.82) is 0 Å². The lowest BCUT2D eigenvalue weighted by molar-refractivity contribution is -0.170. The molecule has 3 aromatic rings. The summed E-state index contributed by atoms with van der Waals surface area (Å²) in [6.45, 7) is 0. The lowest BCUT2D eigenvalue weighted by atomic mass is 9.96. The molecule has 28 heavy (non-hydrogen) atoms. The molecule has 13 nitrogen and oxygen atoms in total. The Morgan fingerprint density at radius 2 is 1.04 bits per heavy atom. The van der Waals surface area contributed by atoms with E-state index in [4.69, 9.17) is 20.4 Å². The van der Waals surface area contributed by atoms with E-state index in [2.05, 4.69) is 29.9 Å². The molecule has 0 amide bonds. The fraction of sp³-hybridized carbons (Fsp3) is 0.200. The first-order valence-electron chi connectivity index (χ1n) is 7.45. The first kappa shape index (κ1) is 24.0. The number of rotatable bonds is 5. The third kappa shape index (κ3) is 13.3. The molecule has 0 radical (unpaired) electrons. The van der Waals surface area contributed by atoms with Crippen LogP contribution in [0.3, 0.4) is 0 Å². The summed E-state index contributed by atoms with van der Waals surface area (Å²) in [4.78, 5) is 49.7. The van der Waals surface area contributed by atoms with E-state index in [0.717, 1.165) is 0 Å². The van der Waals surface area contributed by atoms with Crippen molar-refractivity contribution in [2.24, 2.45) is 0 Å². The number of carbonyl (C=O) groups is 3. The maximum Gasteiger partial charge on any atom is 0.336 e. The van der Waals surface area contributed by atoms with E-state index in [1.54, 1.807) is 56.2 Å². The number of aromatic nitrogens is 6. The van der Waals surface area contributed by atoms with Crippen LogP contribution in [-0.4, -0.2) is 73.8 Å². The van der Waals surface area contributed by atoms with Gasteiger partial charge < -0.3 is 35.4 Å². The molecule has 0 saturated carbocycles. The van der Waals surface area contributed by atoms with Crippen molar-refractivity contribution in [3.8, 4) is 0 Å². The van der Waals surface area contributed by atoms with Crippen molar-refractivity contribution in [2.75, 3.05) is 0 Å². The number of hydrogen-bond acceptors (Lipinski definition) is 7. The molecule has 0 aliphatic heterocycles. The smallest absolute Gasteiger partial charge is 0.336 e. The number of aromatic amines is 3. The number of carboxylic acid groups (broad SMARTS) is 3. The zero-order valence-corrected chi connectivity index (χ0v) is 14.5. The van der Waals surface area contributed by atoms with Gasteiger partial charge in [-0.3, -0.25) is 9.59 Å². The average molecular weight is 396 g/mol. The summed E-state index contributed by atoms with van der Waals surface area (Å²) < 4.78 is 0. The molecule has 3 heterocycles. The molecule has 0 aliphatic carbocycles. The van der Waals surface area contributed by atoms with Gasteiger partial charge in [-0.2, -0.15) is 0 Å². The van der Waals surface area contributed by atoms with Crippen LogP contribution < -0.4 is 0 Å². The molecule has 7 N–H and O–H groups in total. The maximum atomic E-state index is 10.3. The number of nitrogens with zero attached hydrogens (tertiary/aromatic N) is 3. The molecule has 3 rings (SSSR count). The maximum absolute atomic E-state index is 10.3. The lowest BCUT2D eigenvalue weighted by Crippen LogP contribution is -2.42. The van der Waals surface area contributed by atoms with E-state index in [1.165, 1.54) is 0 Å². The van der Waals surface area contributed by atoms with Crippen molar-refractivity contribution in [2.45, 2.75) is 18.4 Å². The minimum atomic E-state index is -2.74. The molecule has 0 atom stereocenters. The monoisotopic (exact) mass is 396 g/mol. The molecular weight excluding hydrogens is 376 g/mol. The SMILES string of the molecule is O=C(O)CC(O)(CC(=O)O)C(=O)O.c1c[nH]cn1.c1c[nH]cn1.c1c[nH]cn1. The van der Waals surface area contributed by atoms with Gasteiger partial charge in [0, 0.05) is 37.2 Å². The number of nitrogens with one attached hydrogen (secondary N) is 3. The summed E-state index contributed by atoms with van der Waals surface area (Å²) in [5.74, 6) is -5.02. The van der Waals surface area contributed by atoms with Crippen molar-refractivity contribution < 1.29 is 34.8 Å². The molecule has 0 spiro atoms. The summed E-state index contributed by atoms with van der Waals surface area (Å²) >= 11 is 0. The first-order chi connectivity index (χ1) is 13.3. The second-order valence-corrected chi connectivity index (χ2v) is 4.76. The molecule has 13 heteroatoms. The molecule has 0 bridgehead atoms. The highest BCUT2D eigenvalue weighted by Crippen LogP contribution is 2.15. The van der Waals surface area contributed by atoms with Crippen LogP contribution >= 0.6 is 0 Å². The predicted octanol–water partition coefficient (Wildman–Crippen LogP) is -0.0194. The highest BCUT2D eigenvalue weighted by atomic mass is 16.4. The van der Waals surface area contributed by atoms with E-state index in [9.17, 15) is 14.4 Å². The largest absolute Gasteiger partial charge is 0.481 e. The van der Waals surface area contributed by atoms with Crippen molar-refractivity contribution >= 4 is 17.9 Å². The second-order valence-electron chi connectivity index (χ2n) is 4.76. The summed E-state index contributed by atoms with van der Waals surface area (Å²) in [6.07, 6.45) is 13.0. The standard InChI is InChI=1S/C6H8O7.3C3H4N2/c7-3(8)1-6(13,5(11)12)2-4(9)10;3*1-2-5-3-4-1/h13H,1-2H2,(H,7,8)(H,9,10)(H,11,12);3*1-3H,(H,4,5). The average Bonchev–Trinajstić information content (AvgIpc) is 3.42. The molecule has 0 aromatic carbocycles. The molecule has 152 valence electrons. The Labute approximate surface area is 158 Å². The Hall–Kier alpha value is -4.00. The topological polar surface area (TPSA) is 218 Å². The molecular formula is C15H20N6O7. The number of aliphatic hydroxyl groups is 1. The Morgan fingerprint density at radius 1 is 0.714 bits per heavy atom. The fourth-order valence-electron chi connectivity index (χ4n) is 1.36. The number of carboxylic acids is 3. The van der Waals surface area contributed by atoms with Gasteiger partial charge in [0.2, 0.25) is 0 Å². The van der Waals surface area contributed by atoms with Gasteiger partial charge in [0.1, 0.15) is 0 Å². The van der Waals surface area contributed by atoms with E-state index >= 15 is 0 Å². The highest BCUT2D eigenvalue weighted by molar-refractivity contribution is 5.88. The molecule has 0 aliphatic rings. The fourth-order valence-corrected chi connectivity index (χ4v) is 1.36. The van der Waals surface area contributed by atoms with E-state index in [-0.39, 0.29) is 0 Å². The Balaban J connectivity index is 0.000000392. The van der Waals surface area contributed by atoms with E-state index < -0.39 is 36.4 Å². The summed E-state index contributed by atoms with van der Waals surface area (Å²) in [5, 5.41) is 33.8. The first-order valence-corrected chi connectivity index (χ1v) is 7.45. The van der Waals surface area contributed by atoms with Gasteiger partial charge in [-0.25, -0.2) is 19.7 Å². The summed E-state index contributed by atoms with van der Waals surface area (Å²) in [7, 11) is 0. The number of H-pyrrole nitrogens is 3. The Bertz CT molecular complexity index is 614. The van der Waals surface area contributed by atoms with Gasteiger partial charge in [-0.1, -0.05) is 0 Å². The van der Waals surface area contributed by atoms with Crippen LogP contribution in [0.2, 0.25) is 0 Å². The van der Waals surface area contributed by atoms with Crippen LogP contribution in [0.4, 0.5) is 0 Å². The summed E-state index contributed by atoms with van der Waals surface area (Å²) in [6, 6.07) is 0. The van der Waals surface area contributed by atoms with Gasteiger partial charge >= 0.3 is 17.9 Å². The van der Waals surface area contributed by atoms with Crippen molar-refractivity contribution in [3.05, 3.63) is 56.2 Å². The number of aliphatic carboxylic acids is 3. The minimum absolute atomic E-state index is 1.14. The normalized spacial score (nSPS) is 9.32. The van der Waals surface area contributed by atoms with E-state index in [0.29, 0.717) is 0 Å².